The minimum absolute atomic E-state index is 0.154. The fourth-order valence-corrected chi connectivity index (χ4v) is 1.93. The molecule has 0 heterocycles. The summed E-state index contributed by atoms with van der Waals surface area (Å²) < 4.78 is 5.05. The van der Waals surface area contributed by atoms with Gasteiger partial charge in [-0.25, -0.2) is 0 Å². The molecule has 0 bridgehead atoms. The van der Waals surface area contributed by atoms with Crippen molar-refractivity contribution in [2.24, 2.45) is 0 Å². The normalized spacial score (nSPS) is 12.5. The van der Waals surface area contributed by atoms with E-state index in [4.69, 9.17) is 16.3 Å². The molecule has 0 radical (unpaired) electrons. The molecule has 0 aliphatic heterocycles. The number of methoxy groups -OCH3 is 1. The van der Waals surface area contributed by atoms with Gasteiger partial charge in [-0.3, -0.25) is 0 Å². The highest BCUT2D eigenvalue weighted by molar-refractivity contribution is 7.99. The van der Waals surface area contributed by atoms with Crippen LogP contribution in [0, 0.1) is 0 Å². The Kier molecular flexibility index (Phi) is 5.95. The monoisotopic (exact) mass is 275 g/mol. The van der Waals surface area contributed by atoms with Crippen LogP contribution >= 0.6 is 23.4 Å². The lowest BCUT2D eigenvalue weighted by molar-refractivity contribution is 0.369. The SMILES string of the molecule is COc1cc(Cl)cc(CNCC(C)SC)c1O. The summed E-state index contributed by atoms with van der Waals surface area (Å²) in [5, 5.41) is 14.3. The van der Waals surface area contributed by atoms with Crippen LogP contribution in [0.2, 0.25) is 5.02 Å². The van der Waals surface area contributed by atoms with E-state index in [0.717, 1.165) is 12.1 Å². The Bertz CT molecular complexity index is 374. The summed E-state index contributed by atoms with van der Waals surface area (Å²) in [5.41, 5.74) is 0.752. The van der Waals surface area contributed by atoms with Crippen LogP contribution in [-0.4, -0.2) is 30.3 Å². The van der Waals surface area contributed by atoms with Gasteiger partial charge >= 0.3 is 0 Å². The summed E-state index contributed by atoms with van der Waals surface area (Å²) in [7, 11) is 1.51. The second kappa shape index (κ2) is 6.99. The minimum Gasteiger partial charge on any atom is -0.504 e. The number of benzene rings is 1. The van der Waals surface area contributed by atoms with Gasteiger partial charge in [0.1, 0.15) is 0 Å². The van der Waals surface area contributed by atoms with Gasteiger partial charge in [0.15, 0.2) is 11.5 Å². The maximum absolute atomic E-state index is 9.91. The zero-order chi connectivity index (χ0) is 12.8. The maximum atomic E-state index is 9.91. The third-order valence-corrected chi connectivity index (χ3v) is 3.68. The highest BCUT2D eigenvalue weighted by Gasteiger charge is 2.10. The number of rotatable bonds is 6. The molecule has 0 amide bonds. The number of phenols is 1. The Balaban J connectivity index is 2.67. The zero-order valence-electron chi connectivity index (χ0n) is 10.3. The van der Waals surface area contributed by atoms with Crippen LogP contribution in [0.25, 0.3) is 0 Å². The van der Waals surface area contributed by atoms with E-state index >= 15 is 0 Å². The van der Waals surface area contributed by atoms with Crippen molar-refractivity contribution in [3.63, 3.8) is 0 Å². The molecule has 1 atom stereocenters. The van der Waals surface area contributed by atoms with Crippen LogP contribution in [-0.2, 0) is 6.54 Å². The van der Waals surface area contributed by atoms with Crippen molar-refractivity contribution in [3.8, 4) is 11.5 Å². The van der Waals surface area contributed by atoms with Gasteiger partial charge in [-0.2, -0.15) is 11.8 Å². The zero-order valence-corrected chi connectivity index (χ0v) is 11.9. The molecule has 0 saturated carbocycles. The first-order valence-electron chi connectivity index (χ1n) is 5.37. The molecule has 1 unspecified atom stereocenters. The quantitative estimate of drug-likeness (QED) is 0.838. The molecule has 0 fully saturated rings. The Hall–Kier alpha value is -0.580. The lowest BCUT2D eigenvalue weighted by Gasteiger charge is -2.12. The molecule has 1 aromatic carbocycles. The van der Waals surface area contributed by atoms with Crippen molar-refractivity contribution in [2.75, 3.05) is 19.9 Å². The average Bonchev–Trinajstić information content (AvgIpc) is 2.32. The van der Waals surface area contributed by atoms with Crippen molar-refractivity contribution in [2.45, 2.75) is 18.7 Å². The van der Waals surface area contributed by atoms with E-state index in [-0.39, 0.29) is 5.75 Å². The Morgan fingerprint density at radius 3 is 2.82 bits per heavy atom. The summed E-state index contributed by atoms with van der Waals surface area (Å²) in [6, 6.07) is 3.35. The third-order valence-electron chi connectivity index (χ3n) is 2.49. The third kappa shape index (κ3) is 4.30. The van der Waals surface area contributed by atoms with E-state index in [1.165, 1.54) is 7.11 Å². The average molecular weight is 276 g/mol. The van der Waals surface area contributed by atoms with E-state index in [2.05, 4.69) is 18.5 Å². The Labute approximate surface area is 112 Å². The summed E-state index contributed by atoms with van der Waals surface area (Å²) in [6.45, 7) is 3.61. The van der Waals surface area contributed by atoms with Gasteiger partial charge in [-0.15, -0.1) is 0 Å². The van der Waals surface area contributed by atoms with Crippen LogP contribution in [0.4, 0.5) is 0 Å². The van der Waals surface area contributed by atoms with Gasteiger partial charge in [-0.05, 0) is 12.3 Å². The summed E-state index contributed by atoms with van der Waals surface area (Å²) in [4.78, 5) is 0. The minimum atomic E-state index is 0.154. The Morgan fingerprint density at radius 2 is 2.24 bits per heavy atom. The first-order valence-corrected chi connectivity index (χ1v) is 7.04. The fraction of sp³-hybridized carbons (Fsp3) is 0.500. The number of hydrogen-bond donors (Lipinski definition) is 2. The van der Waals surface area contributed by atoms with Gasteiger partial charge in [0.2, 0.25) is 0 Å². The van der Waals surface area contributed by atoms with Crippen LogP contribution < -0.4 is 10.1 Å². The van der Waals surface area contributed by atoms with Gasteiger partial charge in [0, 0.05) is 35.0 Å². The standard InChI is InChI=1S/C12H18ClNO2S/c1-8(17-3)6-14-7-9-4-10(13)5-11(16-2)12(9)15/h4-5,8,14-15H,6-7H2,1-3H3. The van der Waals surface area contributed by atoms with E-state index < -0.39 is 0 Å². The molecule has 0 aromatic heterocycles. The molecule has 0 aliphatic rings. The van der Waals surface area contributed by atoms with E-state index in [1.807, 2.05) is 0 Å². The van der Waals surface area contributed by atoms with Crippen molar-refractivity contribution < 1.29 is 9.84 Å². The van der Waals surface area contributed by atoms with Crippen molar-refractivity contribution in [1.82, 2.24) is 5.32 Å². The number of aromatic hydroxyl groups is 1. The lowest BCUT2D eigenvalue weighted by atomic mass is 10.2. The lowest BCUT2D eigenvalue weighted by Crippen LogP contribution is -2.22. The largest absolute Gasteiger partial charge is 0.504 e. The molecule has 3 nitrogen and oxygen atoms in total. The highest BCUT2D eigenvalue weighted by atomic mass is 35.5. The summed E-state index contributed by atoms with van der Waals surface area (Å²) in [6.07, 6.45) is 2.08. The highest BCUT2D eigenvalue weighted by Crippen LogP contribution is 2.33. The van der Waals surface area contributed by atoms with Crippen LogP contribution in [0.3, 0.4) is 0 Å². The molecule has 96 valence electrons. The molecular weight excluding hydrogens is 258 g/mol. The molecule has 1 rings (SSSR count). The van der Waals surface area contributed by atoms with Crippen LogP contribution in [0.15, 0.2) is 12.1 Å². The molecular formula is C12H18ClNO2S. The van der Waals surface area contributed by atoms with E-state index in [1.54, 1.807) is 23.9 Å². The summed E-state index contributed by atoms with van der Waals surface area (Å²) in [5.74, 6) is 0.563. The van der Waals surface area contributed by atoms with Gasteiger partial charge < -0.3 is 15.2 Å². The van der Waals surface area contributed by atoms with Crippen molar-refractivity contribution in [1.29, 1.82) is 0 Å². The van der Waals surface area contributed by atoms with Gasteiger partial charge in [0.25, 0.3) is 0 Å². The molecule has 0 saturated heterocycles. The topological polar surface area (TPSA) is 41.5 Å². The molecule has 0 aliphatic carbocycles. The van der Waals surface area contributed by atoms with E-state index in [0.29, 0.717) is 22.6 Å². The number of nitrogens with one attached hydrogen (secondary N) is 1. The first kappa shape index (κ1) is 14.5. The molecule has 1 aromatic rings. The number of halogens is 1. The smallest absolute Gasteiger partial charge is 0.162 e. The molecule has 0 spiro atoms. The Morgan fingerprint density at radius 1 is 1.53 bits per heavy atom. The van der Waals surface area contributed by atoms with Gasteiger partial charge in [0.05, 0.1) is 7.11 Å². The second-order valence-electron chi connectivity index (χ2n) is 3.79. The number of thioether (sulfide) groups is 1. The predicted molar refractivity (Wildman–Crippen MR) is 74.4 cm³/mol. The van der Waals surface area contributed by atoms with Crippen LogP contribution in [0.5, 0.6) is 11.5 Å². The van der Waals surface area contributed by atoms with Gasteiger partial charge in [-0.1, -0.05) is 18.5 Å². The van der Waals surface area contributed by atoms with Crippen molar-refractivity contribution >= 4 is 23.4 Å². The predicted octanol–water partition coefficient (Wildman–Crippen LogP) is 2.90. The summed E-state index contributed by atoms with van der Waals surface area (Å²) >= 11 is 7.75. The van der Waals surface area contributed by atoms with Crippen LogP contribution in [0.1, 0.15) is 12.5 Å². The number of hydrogen-bond acceptors (Lipinski definition) is 4. The number of ether oxygens (including phenoxy) is 1. The molecule has 17 heavy (non-hydrogen) atoms. The fourth-order valence-electron chi connectivity index (χ4n) is 1.41. The molecule has 5 heteroatoms. The van der Waals surface area contributed by atoms with E-state index in [9.17, 15) is 5.11 Å². The molecule has 2 N–H and O–H groups in total. The first-order chi connectivity index (χ1) is 8.08. The number of phenolic OH excluding ortho intramolecular Hbond substituents is 1. The van der Waals surface area contributed by atoms with Crippen molar-refractivity contribution in [3.05, 3.63) is 22.7 Å². The second-order valence-corrected chi connectivity index (χ2v) is 5.51. The maximum Gasteiger partial charge on any atom is 0.162 e.